The quantitative estimate of drug-likeness (QED) is 0.780. The van der Waals surface area contributed by atoms with Gasteiger partial charge in [0.1, 0.15) is 0 Å². The molecule has 0 saturated heterocycles. The molecule has 0 heterocycles. The first kappa shape index (κ1) is 14.3. The van der Waals surface area contributed by atoms with Crippen LogP contribution in [0, 0.1) is 11.8 Å². The molecular formula is C20H25N. The Morgan fingerprint density at radius 2 is 1.57 bits per heavy atom. The summed E-state index contributed by atoms with van der Waals surface area (Å²) in [5.41, 5.74) is 2.79. The molecule has 2 aromatic rings. The van der Waals surface area contributed by atoms with Crippen LogP contribution in [0.1, 0.15) is 36.9 Å². The average molecular weight is 279 g/mol. The van der Waals surface area contributed by atoms with E-state index in [4.69, 9.17) is 0 Å². The molecule has 2 atom stereocenters. The Labute approximate surface area is 128 Å². The molecule has 3 rings (SSSR count). The lowest BCUT2D eigenvalue weighted by Crippen LogP contribution is -2.28. The minimum Gasteiger partial charge on any atom is -0.309 e. The molecule has 2 aromatic carbocycles. The van der Waals surface area contributed by atoms with Crippen LogP contribution in [0.15, 0.2) is 60.7 Å². The van der Waals surface area contributed by atoms with E-state index in [9.17, 15) is 0 Å². The highest BCUT2D eigenvalue weighted by atomic mass is 14.9. The summed E-state index contributed by atoms with van der Waals surface area (Å²) in [5, 5.41) is 3.81. The van der Waals surface area contributed by atoms with Gasteiger partial charge < -0.3 is 5.32 Å². The van der Waals surface area contributed by atoms with Crippen molar-refractivity contribution >= 4 is 0 Å². The molecule has 1 saturated carbocycles. The molecule has 21 heavy (non-hydrogen) atoms. The van der Waals surface area contributed by atoms with Crippen molar-refractivity contribution in [3.63, 3.8) is 0 Å². The fourth-order valence-electron chi connectivity index (χ4n) is 3.00. The lowest BCUT2D eigenvalue weighted by molar-refractivity contribution is 0.418. The van der Waals surface area contributed by atoms with Gasteiger partial charge in [-0.15, -0.1) is 0 Å². The molecule has 1 fully saturated rings. The Balaban J connectivity index is 1.68. The van der Waals surface area contributed by atoms with E-state index in [2.05, 4.69) is 72.9 Å². The molecular weight excluding hydrogens is 254 g/mol. The number of nitrogens with one attached hydrogen (secondary N) is 1. The Morgan fingerprint density at radius 3 is 2.19 bits per heavy atom. The highest BCUT2D eigenvalue weighted by Crippen LogP contribution is 2.36. The monoisotopic (exact) mass is 279 g/mol. The van der Waals surface area contributed by atoms with E-state index in [0.717, 1.165) is 24.8 Å². The van der Waals surface area contributed by atoms with E-state index >= 15 is 0 Å². The Bertz CT molecular complexity index is 530. The molecule has 1 heteroatoms. The summed E-state index contributed by atoms with van der Waals surface area (Å²) < 4.78 is 0. The first-order chi connectivity index (χ1) is 10.3. The molecule has 1 aliphatic carbocycles. The maximum absolute atomic E-state index is 3.81. The summed E-state index contributed by atoms with van der Waals surface area (Å²) in [7, 11) is 0. The van der Waals surface area contributed by atoms with Crippen molar-refractivity contribution in [3.05, 3.63) is 71.8 Å². The largest absolute Gasteiger partial charge is 0.309 e. The minimum atomic E-state index is 0.412. The van der Waals surface area contributed by atoms with E-state index in [-0.39, 0.29) is 0 Å². The van der Waals surface area contributed by atoms with Gasteiger partial charge in [-0.1, -0.05) is 67.6 Å². The predicted octanol–water partition coefficient (Wildman–Crippen LogP) is 4.61. The van der Waals surface area contributed by atoms with Crippen LogP contribution in [0.4, 0.5) is 0 Å². The summed E-state index contributed by atoms with van der Waals surface area (Å²) in [6, 6.07) is 22.1. The zero-order chi connectivity index (χ0) is 14.5. The zero-order valence-corrected chi connectivity index (χ0v) is 12.8. The smallest absolute Gasteiger partial charge is 0.0360 e. The lowest BCUT2D eigenvalue weighted by Gasteiger charge is -2.22. The zero-order valence-electron chi connectivity index (χ0n) is 12.8. The van der Waals surface area contributed by atoms with Gasteiger partial charge in [-0.2, -0.15) is 0 Å². The van der Waals surface area contributed by atoms with Crippen molar-refractivity contribution in [2.45, 2.75) is 32.2 Å². The summed E-state index contributed by atoms with van der Waals surface area (Å²) in [6.45, 7) is 3.51. The summed E-state index contributed by atoms with van der Waals surface area (Å²) in [5.74, 6) is 1.76. The van der Waals surface area contributed by atoms with Crippen LogP contribution >= 0.6 is 0 Å². The first-order valence-corrected chi connectivity index (χ1v) is 8.15. The second kappa shape index (κ2) is 6.91. The second-order valence-corrected chi connectivity index (χ2v) is 6.38. The molecule has 2 unspecified atom stereocenters. The van der Waals surface area contributed by atoms with E-state index in [1.165, 1.54) is 24.0 Å². The lowest BCUT2D eigenvalue weighted by atomic mass is 9.97. The van der Waals surface area contributed by atoms with Gasteiger partial charge in [0, 0.05) is 6.04 Å². The Kier molecular flexibility index (Phi) is 4.72. The van der Waals surface area contributed by atoms with E-state index in [1.807, 2.05) is 0 Å². The van der Waals surface area contributed by atoms with Crippen LogP contribution < -0.4 is 5.32 Å². The van der Waals surface area contributed by atoms with Gasteiger partial charge in [0.25, 0.3) is 0 Å². The van der Waals surface area contributed by atoms with Crippen molar-refractivity contribution in [1.82, 2.24) is 5.32 Å². The van der Waals surface area contributed by atoms with E-state index in [0.29, 0.717) is 6.04 Å². The number of benzene rings is 2. The SMILES string of the molecule is CC(CNC(Cc1ccccc1)c1ccccc1)C1CC1. The average Bonchev–Trinajstić information content (AvgIpc) is 3.38. The van der Waals surface area contributed by atoms with Crippen LogP contribution in [-0.2, 0) is 6.42 Å². The Hall–Kier alpha value is -1.60. The topological polar surface area (TPSA) is 12.0 Å². The molecule has 0 amide bonds. The summed E-state index contributed by atoms with van der Waals surface area (Å²) in [6.07, 6.45) is 3.91. The van der Waals surface area contributed by atoms with Gasteiger partial charge in [-0.25, -0.2) is 0 Å². The third-order valence-electron chi connectivity index (χ3n) is 4.60. The molecule has 0 radical (unpaired) electrons. The molecule has 1 aliphatic rings. The maximum atomic E-state index is 3.81. The Morgan fingerprint density at radius 1 is 0.952 bits per heavy atom. The number of hydrogen-bond acceptors (Lipinski definition) is 1. The van der Waals surface area contributed by atoms with Crippen LogP contribution in [-0.4, -0.2) is 6.54 Å². The van der Waals surface area contributed by atoms with Gasteiger partial charge >= 0.3 is 0 Å². The maximum Gasteiger partial charge on any atom is 0.0360 e. The first-order valence-electron chi connectivity index (χ1n) is 8.15. The van der Waals surface area contributed by atoms with Gasteiger partial charge in [0.05, 0.1) is 0 Å². The van der Waals surface area contributed by atoms with Crippen molar-refractivity contribution in [2.24, 2.45) is 11.8 Å². The summed E-state index contributed by atoms with van der Waals surface area (Å²) in [4.78, 5) is 0. The van der Waals surface area contributed by atoms with Crippen LogP contribution in [0.5, 0.6) is 0 Å². The standard InChI is InChI=1S/C20H25N/c1-16(18-12-13-18)15-21-20(19-10-6-3-7-11-19)14-17-8-4-2-5-9-17/h2-11,16,18,20-21H,12-15H2,1H3. The number of rotatable bonds is 7. The molecule has 110 valence electrons. The highest BCUT2D eigenvalue weighted by molar-refractivity contribution is 5.23. The fraction of sp³-hybridized carbons (Fsp3) is 0.400. The van der Waals surface area contributed by atoms with Crippen molar-refractivity contribution in [1.29, 1.82) is 0 Å². The van der Waals surface area contributed by atoms with Crippen LogP contribution in [0.2, 0.25) is 0 Å². The van der Waals surface area contributed by atoms with Gasteiger partial charge in [-0.05, 0) is 48.8 Å². The van der Waals surface area contributed by atoms with Crippen molar-refractivity contribution < 1.29 is 0 Å². The molecule has 1 nitrogen and oxygen atoms in total. The van der Waals surface area contributed by atoms with Crippen molar-refractivity contribution in [3.8, 4) is 0 Å². The molecule has 0 spiro atoms. The van der Waals surface area contributed by atoms with Crippen LogP contribution in [0.3, 0.4) is 0 Å². The van der Waals surface area contributed by atoms with Gasteiger partial charge in [-0.3, -0.25) is 0 Å². The highest BCUT2D eigenvalue weighted by Gasteiger charge is 2.28. The van der Waals surface area contributed by atoms with Gasteiger partial charge in [0.15, 0.2) is 0 Å². The second-order valence-electron chi connectivity index (χ2n) is 6.38. The molecule has 1 N–H and O–H groups in total. The van der Waals surface area contributed by atoms with Crippen molar-refractivity contribution in [2.75, 3.05) is 6.54 Å². The third kappa shape index (κ3) is 4.18. The van der Waals surface area contributed by atoms with Gasteiger partial charge in [0.2, 0.25) is 0 Å². The number of hydrogen-bond donors (Lipinski definition) is 1. The molecule has 0 bridgehead atoms. The molecule has 0 aromatic heterocycles. The normalized spacial score (nSPS) is 17.4. The fourth-order valence-corrected chi connectivity index (χ4v) is 3.00. The minimum absolute atomic E-state index is 0.412. The van der Waals surface area contributed by atoms with Crippen LogP contribution in [0.25, 0.3) is 0 Å². The predicted molar refractivity (Wildman–Crippen MR) is 89.2 cm³/mol. The third-order valence-corrected chi connectivity index (χ3v) is 4.60. The summed E-state index contributed by atoms with van der Waals surface area (Å²) >= 11 is 0. The van der Waals surface area contributed by atoms with E-state index in [1.54, 1.807) is 0 Å². The molecule has 0 aliphatic heterocycles. The van der Waals surface area contributed by atoms with E-state index < -0.39 is 0 Å².